The van der Waals surface area contributed by atoms with Crippen LogP contribution in [0, 0.1) is 0 Å². The van der Waals surface area contributed by atoms with Gasteiger partial charge < -0.3 is 28.1 Å². The Labute approximate surface area is 208 Å². The molecular formula is C28H26O8. The van der Waals surface area contributed by atoms with Crippen LogP contribution in [0.3, 0.4) is 0 Å². The molecule has 0 N–H and O–H groups in total. The lowest BCUT2D eigenvalue weighted by Crippen LogP contribution is -2.04. The largest absolute Gasteiger partial charge is 0.497 e. The molecule has 0 fully saturated rings. The molecule has 8 nitrogen and oxygen atoms in total. The van der Waals surface area contributed by atoms with Crippen LogP contribution < -0.4 is 14.2 Å². The monoisotopic (exact) mass is 490 g/mol. The Morgan fingerprint density at radius 1 is 0.750 bits per heavy atom. The van der Waals surface area contributed by atoms with Gasteiger partial charge in [0, 0.05) is 28.6 Å². The van der Waals surface area contributed by atoms with Crippen molar-refractivity contribution in [1.29, 1.82) is 0 Å². The van der Waals surface area contributed by atoms with E-state index in [0.717, 1.165) is 0 Å². The van der Waals surface area contributed by atoms with Crippen molar-refractivity contribution in [3.05, 3.63) is 65.7 Å². The topological polar surface area (TPSA) is 93.4 Å². The molecule has 1 heterocycles. The van der Waals surface area contributed by atoms with Crippen molar-refractivity contribution in [3.63, 3.8) is 0 Å². The van der Waals surface area contributed by atoms with E-state index in [4.69, 9.17) is 28.1 Å². The van der Waals surface area contributed by atoms with Crippen LogP contribution >= 0.6 is 0 Å². The highest BCUT2D eigenvalue weighted by molar-refractivity contribution is 6.13. The second kappa shape index (κ2) is 10.4. The van der Waals surface area contributed by atoms with Gasteiger partial charge >= 0.3 is 11.9 Å². The number of ether oxygens (including phenoxy) is 5. The fraction of sp³-hybridized carbons (Fsp3) is 0.214. The second-order valence-electron chi connectivity index (χ2n) is 7.75. The number of hydrogen-bond donors (Lipinski definition) is 0. The summed E-state index contributed by atoms with van der Waals surface area (Å²) in [4.78, 5) is 25.0. The van der Waals surface area contributed by atoms with E-state index in [1.165, 1.54) is 14.2 Å². The maximum atomic E-state index is 12.8. The molecule has 0 saturated carbocycles. The Morgan fingerprint density at radius 3 is 1.92 bits per heavy atom. The van der Waals surface area contributed by atoms with Crippen LogP contribution in [-0.4, -0.2) is 47.0 Å². The lowest BCUT2D eigenvalue weighted by atomic mass is 9.95. The molecular weight excluding hydrogens is 464 g/mol. The van der Waals surface area contributed by atoms with E-state index in [1.54, 1.807) is 63.6 Å². The number of fused-ring (bicyclic) bond motifs is 1. The van der Waals surface area contributed by atoms with Crippen molar-refractivity contribution in [2.75, 3.05) is 35.0 Å². The van der Waals surface area contributed by atoms with Crippen LogP contribution in [0.25, 0.3) is 33.4 Å². The lowest BCUT2D eigenvalue weighted by molar-refractivity contribution is 0.0525. The van der Waals surface area contributed by atoms with Crippen molar-refractivity contribution in [1.82, 2.24) is 0 Å². The standard InChI is InChI=1S/C28H26O8/c1-6-35-27(29)17-9-7-16(8-10-17)26-24(18-11-19(31-2)13-20(12-18)32-3)25-22(28(30)34-5)14-21(33-4)15-23(25)36-26/h7-15H,6H2,1-5H3. The third kappa shape index (κ3) is 4.57. The van der Waals surface area contributed by atoms with E-state index in [-0.39, 0.29) is 12.2 Å². The smallest absolute Gasteiger partial charge is 0.338 e. The zero-order chi connectivity index (χ0) is 25.8. The average Bonchev–Trinajstić information content (AvgIpc) is 3.31. The number of hydrogen-bond acceptors (Lipinski definition) is 8. The zero-order valence-corrected chi connectivity index (χ0v) is 20.7. The van der Waals surface area contributed by atoms with Crippen LogP contribution in [0.4, 0.5) is 0 Å². The highest BCUT2D eigenvalue weighted by Crippen LogP contribution is 2.45. The van der Waals surface area contributed by atoms with Gasteiger partial charge in [-0.3, -0.25) is 0 Å². The van der Waals surface area contributed by atoms with Gasteiger partial charge in [0.25, 0.3) is 0 Å². The van der Waals surface area contributed by atoms with Crippen molar-refractivity contribution >= 4 is 22.9 Å². The molecule has 0 aliphatic carbocycles. The van der Waals surface area contributed by atoms with E-state index < -0.39 is 11.9 Å². The molecule has 0 amide bonds. The summed E-state index contributed by atoms with van der Waals surface area (Å²) in [6, 6.07) is 15.6. The van der Waals surface area contributed by atoms with Crippen LogP contribution in [0.5, 0.6) is 17.2 Å². The molecule has 1 aromatic heterocycles. The quantitative estimate of drug-likeness (QED) is 0.288. The Bertz CT molecular complexity index is 1390. The molecule has 0 bridgehead atoms. The van der Waals surface area contributed by atoms with Crippen LogP contribution in [0.15, 0.2) is 59.0 Å². The summed E-state index contributed by atoms with van der Waals surface area (Å²) in [6.07, 6.45) is 0. The molecule has 36 heavy (non-hydrogen) atoms. The second-order valence-corrected chi connectivity index (χ2v) is 7.75. The minimum Gasteiger partial charge on any atom is -0.497 e. The Kier molecular flexibility index (Phi) is 7.15. The van der Waals surface area contributed by atoms with Gasteiger partial charge in [0.1, 0.15) is 28.6 Å². The van der Waals surface area contributed by atoms with Crippen molar-refractivity contribution in [2.45, 2.75) is 6.92 Å². The van der Waals surface area contributed by atoms with E-state index >= 15 is 0 Å². The fourth-order valence-corrected chi connectivity index (χ4v) is 3.99. The molecule has 4 rings (SSSR count). The maximum Gasteiger partial charge on any atom is 0.338 e. The molecule has 0 aliphatic heterocycles. The first-order valence-electron chi connectivity index (χ1n) is 11.2. The first kappa shape index (κ1) is 24.7. The molecule has 0 aliphatic rings. The van der Waals surface area contributed by atoms with Gasteiger partial charge in [-0.25, -0.2) is 9.59 Å². The molecule has 0 saturated heterocycles. The van der Waals surface area contributed by atoms with Gasteiger partial charge in [-0.05, 0) is 42.8 Å². The number of benzene rings is 3. The molecule has 0 spiro atoms. The number of carbonyl (C=O) groups is 2. The van der Waals surface area contributed by atoms with Gasteiger partial charge in [-0.1, -0.05) is 12.1 Å². The first-order chi connectivity index (χ1) is 17.4. The summed E-state index contributed by atoms with van der Waals surface area (Å²) in [7, 11) is 5.95. The van der Waals surface area contributed by atoms with Crippen LogP contribution in [0.2, 0.25) is 0 Å². The Balaban J connectivity index is 2.04. The van der Waals surface area contributed by atoms with E-state index in [1.807, 2.05) is 12.1 Å². The number of carbonyl (C=O) groups excluding carboxylic acids is 2. The molecule has 8 heteroatoms. The summed E-state index contributed by atoms with van der Waals surface area (Å²) < 4.78 is 32.8. The van der Waals surface area contributed by atoms with Gasteiger partial charge in [0.05, 0.1) is 46.2 Å². The normalized spacial score (nSPS) is 10.7. The Hall–Kier alpha value is -4.46. The van der Waals surface area contributed by atoms with Gasteiger partial charge in [-0.2, -0.15) is 0 Å². The predicted molar refractivity (Wildman–Crippen MR) is 134 cm³/mol. The van der Waals surface area contributed by atoms with E-state index in [9.17, 15) is 9.59 Å². The summed E-state index contributed by atoms with van der Waals surface area (Å²) >= 11 is 0. The predicted octanol–water partition coefficient (Wildman–Crippen LogP) is 5.76. The number of methoxy groups -OCH3 is 4. The molecule has 186 valence electrons. The van der Waals surface area contributed by atoms with Crippen LogP contribution in [0.1, 0.15) is 27.6 Å². The molecule has 3 aromatic carbocycles. The molecule has 4 aromatic rings. The average molecular weight is 491 g/mol. The van der Waals surface area contributed by atoms with E-state index in [0.29, 0.717) is 56.2 Å². The number of rotatable bonds is 8. The zero-order valence-electron chi connectivity index (χ0n) is 20.7. The molecule has 0 radical (unpaired) electrons. The summed E-state index contributed by atoms with van der Waals surface area (Å²) in [6.45, 7) is 2.03. The summed E-state index contributed by atoms with van der Waals surface area (Å²) in [5.41, 5.74) is 3.14. The minimum absolute atomic E-state index is 0.279. The third-order valence-electron chi connectivity index (χ3n) is 5.70. The van der Waals surface area contributed by atoms with Crippen molar-refractivity contribution in [3.8, 4) is 39.7 Å². The van der Waals surface area contributed by atoms with Crippen molar-refractivity contribution < 1.29 is 37.7 Å². The summed E-state index contributed by atoms with van der Waals surface area (Å²) in [5, 5.41) is 0.544. The molecule has 0 atom stereocenters. The van der Waals surface area contributed by atoms with Gasteiger partial charge in [-0.15, -0.1) is 0 Å². The van der Waals surface area contributed by atoms with Crippen LogP contribution in [-0.2, 0) is 9.47 Å². The molecule has 0 unspecified atom stereocenters. The van der Waals surface area contributed by atoms with Gasteiger partial charge in [0.2, 0.25) is 0 Å². The maximum absolute atomic E-state index is 12.8. The first-order valence-corrected chi connectivity index (χ1v) is 11.2. The van der Waals surface area contributed by atoms with E-state index in [2.05, 4.69) is 0 Å². The van der Waals surface area contributed by atoms with Crippen molar-refractivity contribution in [2.24, 2.45) is 0 Å². The number of furan rings is 1. The van der Waals surface area contributed by atoms with Gasteiger partial charge in [0.15, 0.2) is 0 Å². The SMILES string of the molecule is CCOC(=O)c1ccc(-c2oc3cc(OC)cc(C(=O)OC)c3c2-c2cc(OC)cc(OC)c2)cc1. The number of esters is 2. The highest BCUT2D eigenvalue weighted by atomic mass is 16.5. The minimum atomic E-state index is -0.542. The lowest BCUT2D eigenvalue weighted by Gasteiger charge is -2.11. The Morgan fingerprint density at radius 2 is 1.36 bits per heavy atom. The summed E-state index contributed by atoms with van der Waals surface area (Å²) in [5.74, 6) is 1.10. The third-order valence-corrected chi connectivity index (χ3v) is 5.70. The fourth-order valence-electron chi connectivity index (χ4n) is 3.99. The highest BCUT2D eigenvalue weighted by Gasteiger charge is 2.25.